The Morgan fingerprint density at radius 2 is 2.00 bits per heavy atom. The van der Waals surface area contributed by atoms with Crippen LogP contribution in [0.25, 0.3) is 10.8 Å². The first-order valence-electron chi connectivity index (χ1n) is 14.1. The highest BCUT2D eigenvalue weighted by Gasteiger charge is 2.39. The molecule has 0 bridgehead atoms. The van der Waals surface area contributed by atoms with Crippen molar-refractivity contribution in [2.45, 2.75) is 69.4 Å². The molecule has 3 aliphatic rings. The summed E-state index contributed by atoms with van der Waals surface area (Å²) in [5, 5.41) is 15.7. The van der Waals surface area contributed by atoms with Crippen LogP contribution in [0.1, 0.15) is 79.9 Å². The highest BCUT2D eigenvalue weighted by Crippen LogP contribution is 2.39. The van der Waals surface area contributed by atoms with Gasteiger partial charge >= 0.3 is 0 Å². The SMILES string of the molecule is CC1(c2cnc([C@@H]3C[C@H](NC(=O)c4ccc5ccccc5c4O)CN3CC3CCCCC3)o2)C=CC=CC1. The van der Waals surface area contributed by atoms with Crippen molar-refractivity contribution in [2.24, 2.45) is 5.92 Å². The summed E-state index contributed by atoms with van der Waals surface area (Å²) >= 11 is 0. The number of carbonyl (C=O) groups is 1. The number of amides is 1. The van der Waals surface area contributed by atoms with Crippen LogP contribution >= 0.6 is 0 Å². The van der Waals surface area contributed by atoms with Crippen molar-refractivity contribution in [3.63, 3.8) is 0 Å². The van der Waals surface area contributed by atoms with Crippen molar-refractivity contribution in [3.8, 4) is 5.75 Å². The number of likely N-dealkylation sites (tertiary alicyclic amines) is 1. The minimum atomic E-state index is -0.240. The molecule has 2 aromatic carbocycles. The van der Waals surface area contributed by atoms with Crippen molar-refractivity contribution >= 4 is 16.7 Å². The molecule has 0 spiro atoms. The summed E-state index contributed by atoms with van der Waals surface area (Å²) in [7, 11) is 0. The fourth-order valence-electron chi connectivity index (χ4n) is 6.49. The van der Waals surface area contributed by atoms with Gasteiger partial charge in [0.15, 0.2) is 0 Å². The van der Waals surface area contributed by atoms with E-state index in [2.05, 4.69) is 41.4 Å². The van der Waals surface area contributed by atoms with Gasteiger partial charge in [0.1, 0.15) is 11.5 Å². The molecule has 3 aromatic rings. The summed E-state index contributed by atoms with van der Waals surface area (Å²) < 4.78 is 6.44. The lowest BCUT2D eigenvalue weighted by Crippen LogP contribution is -2.38. The number of aromatic hydroxyl groups is 1. The van der Waals surface area contributed by atoms with E-state index in [4.69, 9.17) is 9.40 Å². The predicted molar refractivity (Wildman–Crippen MR) is 149 cm³/mol. The van der Waals surface area contributed by atoms with Crippen molar-refractivity contribution in [1.29, 1.82) is 0 Å². The van der Waals surface area contributed by atoms with Crippen LogP contribution in [0.15, 0.2) is 71.3 Å². The fraction of sp³-hybridized carbons (Fsp3) is 0.438. The third-order valence-corrected chi connectivity index (χ3v) is 8.73. The molecule has 2 heterocycles. The number of benzene rings is 2. The van der Waals surface area contributed by atoms with Gasteiger partial charge < -0.3 is 14.8 Å². The number of nitrogens with zero attached hydrogens (tertiary/aromatic N) is 2. The quantitative estimate of drug-likeness (QED) is 0.399. The molecule has 1 amide bonds. The summed E-state index contributed by atoms with van der Waals surface area (Å²) in [4.78, 5) is 20.5. The van der Waals surface area contributed by atoms with Gasteiger partial charge in [0.25, 0.3) is 5.91 Å². The molecule has 2 fully saturated rings. The Kier molecular flexibility index (Phi) is 6.83. The lowest BCUT2D eigenvalue weighted by molar-refractivity contribution is 0.0934. The van der Waals surface area contributed by atoms with Gasteiger partial charge in [-0.25, -0.2) is 4.98 Å². The second-order valence-electron chi connectivity index (χ2n) is 11.5. The average Bonchev–Trinajstić information content (AvgIpc) is 3.58. The van der Waals surface area contributed by atoms with Gasteiger partial charge in [-0.3, -0.25) is 9.69 Å². The molecule has 1 aromatic heterocycles. The van der Waals surface area contributed by atoms with Gasteiger partial charge in [0.05, 0.1) is 17.8 Å². The van der Waals surface area contributed by atoms with Gasteiger partial charge in [-0.05, 0) is 50.0 Å². The van der Waals surface area contributed by atoms with Gasteiger partial charge in [-0.1, -0.05) is 73.9 Å². The summed E-state index contributed by atoms with van der Waals surface area (Å²) in [5.74, 6) is 2.10. The number of phenols is 1. The van der Waals surface area contributed by atoms with Crippen LogP contribution in [0.4, 0.5) is 0 Å². The van der Waals surface area contributed by atoms with E-state index < -0.39 is 0 Å². The van der Waals surface area contributed by atoms with E-state index >= 15 is 0 Å². The van der Waals surface area contributed by atoms with Gasteiger partial charge in [-0.15, -0.1) is 0 Å². The zero-order valence-corrected chi connectivity index (χ0v) is 22.1. The molecule has 2 aliphatic carbocycles. The smallest absolute Gasteiger partial charge is 0.255 e. The Hall–Kier alpha value is -3.38. The minimum absolute atomic E-state index is 0.0212. The third kappa shape index (κ3) is 4.90. The molecule has 198 valence electrons. The Morgan fingerprint density at radius 1 is 1.16 bits per heavy atom. The summed E-state index contributed by atoms with van der Waals surface area (Å²) in [5.41, 5.74) is 0.128. The molecule has 6 rings (SSSR count). The Bertz CT molecular complexity index is 1370. The van der Waals surface area contributed by atoms with Crippen LogP contribution in [0.5, 0.6) is 5.75 Å². The third-order valence-electron chi connectivity index (χ3n) is 8.73. The molecule has 3 atom stereocenters. The number of fused-ring (bicyclic) bond motifs is 1. The van der Waals surface area contributed by atoms with E-state index in [1.807, 2.05) is 36.5 Å². The zero-order chi connectivity index (χ0) is 26.1. The maximum absolute atomic E-state index is 13.3. The summed E-state index contributed by atoms with van der Waals surface area (Å²) in [6.07, 6.45) is 18.5. The van der Waals surface area contributed by atoms with E-state index in [0.717, 1.165) is 43.0 Å². The van der Waals surface area contributed by atoms with Crippen LogP contribution in [-0.2, 0) is 5.41 Å². The number of nitrogens with one attached hydrogen (secondary N) is 1. The number of hydrogen-bond donors (Lipinski definition) is 2. The van der Waals surface area contributed by atoms with E-state index in [1.54, 1.807) is 6.07 Å². The van der Waals surface area contributed by atoms with Crippen molar-refractivity contribution in [2.75, 3.05) is 13.1 Å². The number of allylic oxidation sites excluding steroid dienone is 4. The molecule has 1 saturated heterocycles. The topological polar surface area (TPSA) is 78.6 Å². The van der Waals surface area contributed by atoms with E-state index in [1.165, 1.54) is 32.1 Å². The van der Waals surface area contributed by atoms with E-state index in [0.29, 0.717) is 16.9 Å². The lowest BCUT2D eigenvalue weighted by atomic mass is 9.82. The summed E-state index contributed by atoms with van der Waals surface area (Å²) in [6, 6.07) is 11.2. The maximum atomic E-state index is 13.3. The molecule has 6 nitrogen and oxygen atoms in total. The van der Waals surface area contributed by atoms with Gasteiger partial charge in [0, 0.05) is 29.9 Å². The highest BCUT2D eigenvalue weighted by atomic mass is 16.4. The Labute approximate surface area is 224 Å². The first-order chi connectivity index (χ1) is 18.5. The molecule has 2 N–H and O–H groups in total. The number of phenolic OH excluding ortho intramolecular Hbond substituents is 1. The van der Waals surface area contributed by atoms with Gasteiger partial charge in [-0.2, -0.15) is 0 Å². The van der Waals surface area contributed by atoms with Crippen LogP contribution in [-0.4, -0.2) is 40.0 Å². The van der Waals surface area contributed by atoms with Crippen molar-refractivity contribution in [1.82, 2.24) is 15.2 Å². The first kappa shape index (κ1) is 24.9. The number of carbonyl (C=O) groups excluding carboxylic acids is 1. The largest absolute Gasteiger partial charge is 0.506 e. The second kappa shape index (κ2) is 10.4. The van der Waals surface area contributed by atoms with E-state index in [9.17, 15) is 9.90 Å². The van der Waals surface area contributed by atoms with Crippen molar-refractivity contribution in [3.05, 3.63) is 84.1 Å². The molecule has 38 heavy (non-hydrogen) atoms. The zero-order valence-electron chi connectivity index (χ0n) is 22.1. The maximum Gasteiger partial charge on any atom is 0.255 e. The normalized spacial score (nSPS) is 26.2. The molecule has 0 radical (unpaired) electrons. The standard InChI is InChI=1S/C32H37N3O3/c1-32(16-8-3-9-17-32)28-19-33-31(38-28)27-18-24(21-35(27)20-22-10-4-2-5-11-22)34-30(37)26-15-14-23-12-6-7-13-25(23)29(26)36/h3,6-9,12-16,19,22,24,27,36H,2,4-5,10-11,17-18,20-21H2,1H3,(H,34,37)/t24-,27-,32?/m0/s1. The average molecular weight is 512 g/mol. The van der Waals surface area contributed by atoms with Crippen LogP contribution < -0.4 is 5.32 Å². The lowest BCUT2D eigenvalue weighted by Gasteiger charge is -2.29. The number of aromatic nitrogens is 1. The molecule has 1 saturated carbocycles. The predicted octanol–water partition coefficient (Wildman–Crippen LogP) is 6.43. The van der Waals surface area contributed by atoms with Crippen LogP contribution in [0, 0.1) is 5.92 Å². The Balaban J connectivity index is 1.22. The highest BCUT2D eigenvalue weighted by molar-refractivity contribution is 6.03. The molecule has 1 unspecified atom stereocenters. The fourth-order valence-corrected chi connectivity index (χ4v) is 6.49. The number of hydrogen-bond acceptors (Lipinski definition) is 5. The number of oxazole rings is 1. The molecular weight excluding hydrogens is 474 g/mol. The minimum Gasteiger partial charge on any atom is -0.506 e. The van der Waals surface area contributed by atoms with Crippen molar-refractivity contribution < 1.29 is 14.3 Å². The molecular formula is C32H37N3O3. The van der Waals surface area contributed by atoms with Crippen LogP contribution in [0.2, 0.25) is 0 Å². The molecule has 6 heteroatoms. The first-order valence-corrected chi connectivity index (χ1v) is 14.1. The second-order valence-corrected chi connectivity index (χ2v) is 11.5. The van der Waals surface area contributed by atoms with Crippen LogP contribution in [0.3, 0.4) is 0 Å². The van der Waals surface area contributed by atoms with Gasteiger partial charge in [0.2, 0.25) is 5.89 Å². The molecule has 1 aliphatic heterocycles. The number of rotatable bonds is 6. The Morgan fingerprint density at radius 3 is 2.82 bits per heavy atom. The summed E-state index contributed by atoms with van der Waals surface area (Å²) in [6.45, 7) is 3.93. The monoisotopic (exact) mass is 511 g/mol. The van der Waals surface area contributed by atoms with E-state index in [-0.39, 0.29) is 29.2 Å².